The monoisotopic (exact) mass is 316 g/mol. The normalized spacial score (nSPS) is 13.8. The third-order valence-electron chi connectivity index (χ3n) is 3.65. The number of sulfonamides is 1. The molecule has 6 heteroatoms. The van der Waals surface area contributed by atoms with Gasteiger partial charge >= 0.3 is 0 Å². The maximum atomic E-state index is 11.9. The Morgan fingerprint density at radius 2 is 2.00 bits per heavy atom. The molecular weight excluding hydrogens is 288 g/mol. The van der Waals surface area contributed by atoms with Crippen molar-refractivity contribution < 1.29 is 12.8 Å². The lowest BCUT2D eigenvalue weighted by molar-refractivity contribution is 0.371. The average molecular weight is 316 g/mol. The molecule has 0 radical (unpaired) electrons. The Bertz CT molecular complexity index is 509. The number of rotatable bonds is 10. The minimum absolute atomic E-state index is 0.00215. The van der Waals surface area contributed by atoms with Gasteiger partial charge in [-0.1, -0.05) is 33.1 Å². The second-order valence-electron chi connectivity index (χ2n) is 5.56. The van der Waals surface area contributed by atoms with Gasteiger partial charge in [-0.25, -0.2) is 12.7 Å². The molecule has 122 valence electrons. The summed E-state index contributed by atoms with van der Waals surface area (Å²) in [4.78, 5) is 0. The van der Waals surface area contributed by atoms with E-state index in [-0.39, 0.29) is 5.09 Å². The van der Waals surface area contributed by atoms with Gasteiger partial charge in [-0.05, 0) is 31.0 Å². The maximum absolute atomic E-state index is 11.9. The summed E-state index contributed by atoms with van der Waals surface area (Å²) < 4.78 is 30.4. The van der Waals surface area contributed by atoms with Crippen LogP contribution in [0.15, 0.2) is 21.6 Å². The topological polar surface area (TPSA) is 62.6 Å². The Morgan fingerprint density at radius 1 is 1.29 bits per heavy atom. The van der Waals surface area contributed by atoms with Crippen molar-refractivity contribution in [2.24, 2.45) is 5.92 Å². The fourth-order valence-electron chi connectivity index (χ4n) is 2.11. The predicted molar refractivity (Wildman–Crippen MR) is 84.6 cm³/mol. The number of hydrogen-bond donors (Lipinski definition) is 1. The molecule has 21 heavy (non-hydrogen) atoms. The molecular formula is C15H28N2O3S. The van der Waals surface area contributed by atoms with Crippen LogP contribution in [0.1, 0.15) is 45.3 Å². The second kappa shape index (κ2) is 8.56. The predicted octanol–water partition coefficient (Wildman–Crippen LogP) is 2.84. The fraction of sp³-hybridized carbons (Fsp3) is 0.733. The van der Waals surface area contributed by atoms with E-state index in [0.29, 0.717) is 18.2 Å². The van der Waals surface area contributed by atoms with Gasteiger partial charge in [0.2, 0.25) is 5.09 Å². The minimum Gasteiger partial charge on any atom is -0.447 e. The van der Waals surface area contributed by atoms with Crippen molar-refractivity contribution in [3.63, 3.8) is 0 Å². The molecule has 0 aliphatic rings. The zero-order chi connectivity index (χ0) is 15.9. The van der Waals surface area contributed by atoms with Crippen LogP contribution < -0.4 is 5.32 Å². The first-order chi connectivity index (χ1) is 9.91. The SMILES string of the molecule is CCCCC(CC)CNCc1ccc(S(=O)(=O)N(C)C)o1. The highest BCUT2D eigenvalue weighted by Crippen LogP contribution is 2.17. The van der Waals surface area contributed by atoms with Gasteiger partial charge in [-0.3, -0.25) is 0 Å². The zero-order valence-electron chi connectivity index (χ0n) is 13.6. The summed E-state index contributed by atoms with van der Waals surface area (Å²) in [7, 11) is -0.484. The van der Waals surface area contributed by atoms with Crippen molar-refractivity contribution in [2.75, 3.05) is 20.6 Å². The molecule has 0 fully saturated rings. The van der Waals surface area contributed by atoms with Gasteiger partial charge in [0.1, 0.15) is 5.76 Å². The van der Waals surface area contributed by atoms with E-state index in [2.05, 4.69) is 19.2 Å². The van der Waals surface area contributed by atoms with Crippen LogP contribution in [-0.4, -0.2) is 33.4 Å². The first-order valence-electron chi connectivity index (χ1n) is 7.63. The molecule has 0 aliphatic heterocycles. The Hall–Kier alpha value is -0.850. The number of nitrogens with one attached hydrogen (secondary N) is 1. The second-order valence-corrected chi connectivity index (χ2v) is 7.64. The maximum Gasteiger partial charge on any atom is 0.275 e. The summed E-state index contributed by atoms with van der Waals surface area (Å²) in [6.07, 6.45) is 4.87. The first kappa shape index (κ1) is 18.2. The zero-order valence-corrected chi connectivity index (χ0v) is 14.4. The van der Waals surface area contributed by atoms with Crippen LogP contribution in [0.5, 0.6) is 0 Å². The lowest BCUT2D eigenvalue weighted by atomic mass is 9.99. The molecule has 0 amide bonds. The number of unbranched alkanes of at least 4 members (excludes halogenated alkanes) is 1. The lowest BCUT2D eigenvalue weighted by Crippen LogP contribution is -2.22. The van der Waals surface area contributed by atoms with Crippen LogP contribution in [0.3, 0.4) is 0 Å². The Labute approximate surface area is 128 Å². The summed E-state index contributed by atoms with van der Waals surface area (Å²) in [5, 5.41) is 3.36. The highest BCUT2D eigenvalue weighted by atomic mass is 32.2. The lowest BCUT2D eigenvalue weighted by Gasteiger charge is -2.14. The summed E-state index contributed by atoms with van der Waals surface area (Å²) in [5.74, 6) is 1.32. The summed E-state index contributed by atoms with van der Waals surface area (Å²) >= 11 is 0. The van der Waals surface area contributed by atoms with E-state index in [4.69, 9.17) is 4.42 Å². The van der Waals surface area contributed by atoms with E-state index >= 15 is 0 Å². The van der Waals surface area contributed by atoms with Gasteiger partial charge in [-0.2, -0.15) is 0 Å². The highest BCUT2D eigenvalue weighted by Gasteiger charge is 2.21. The first-order valence-corrected chi connectivity index (χ1v) is 9.07. The summed E-state index contributed by atoms with van der Waals surface area (Å²) in [6.45, 7) is 5.91. The van der Waals surface area contributed by atoms with E-state index < -0.39 is 10.0 Å². The van der Waals surface area contributed by atoms with Crippen molar-refractivity contribution >= 4 is 10.0 Å². The van der Waals surface area contributed by atoms with Gasteiger partial charge in [0.15, 0.2) is 0 Å². The van der Waals surface area contributed by atoms with Crippen LogP contribution in [0, 0.1) is 5.92 Å². The van der Waals surface area contributed by atoms with E-state index in [1.165, 1.54) is 39.4 Å². The molecule has 0 aromatic carbocycles. The standard InChI is InChI=1S/C15H28N2O3S/c1-5-7-8-13(6-2)11-16-12-14-9-10-15(20-14)21(18,19)17(3)4/h9-10,13,16H,5-8,11-12H2,1-4H3. The molecule has 0 aliphatic carbocycles. The Kier molecular flexibility index (Phi) is 7.42. The van der Waals surface area contributed by atoms with E-state index in [1.54, 1.807) is 6.07 Å². The van der Waals surface area contributed by atoms with Crippen LogP contribution in [-0.2, 0) is 16.6 Å². The number of hydrogen-bond acceptors (Lipinski definition) is 4. The van der Waals surface area contributed by atoms with Gasteiger partial charge in [0.25, 0.3) is 10.0 Å². The number of furan rings is 1. The molecule has 1 rings (SSSR count). The molecule has 0 saturated carbocycles. The van der Waals surface area contributed by atoms with Crippen molar-refractivity contribution in [2.45, 2.75) is 51.2 Å². The van der Waals surface area contributed by atoms with Crippen molar-refractivity contribution in [1.29, 1.82) is 0 Å². The van der Waals surface area contributed by atoms with Crippen LogP contribution >= 0.6 is 0 Å². The average Bonchev–Trinajstić information content (AvgIpc) is 2.91. The Morgan fingerprint density at radius 3 is 2.57 bits per heavy atom. The summed E-state index contributed by atoms with van der Waals surface area (Å²) in [5.41, 5.74) is 0. The molecule has 0 bridgehead atoms. The Balaban J connectivity index is 2.49. The van der Waals surface area contributed by atoms with Crippen LogP contribution in [0.4, 0.5) is 0 Å². The molecule has 1 atom stereocenters. The van der Waals surface area contributed by atoms with Crippen LogP contribution in [0.25, 0.3) is 0 Å². The molecule has 5 nitrogen and oxygen atoms in total. The fourth-order valence-corrected chi connectivity index (χ4v) is 2.93. The molecule has 1 unspecified atom stereocenters. The molecule has 0 spiro atoms. The van der Waals surface area contributed by atoms with E-state index in [0.717, 1.165) is 17.3 Å². The molecule has 0 saturated heterocycles. The third-order valence-corrected chi connectivity index (χ3v) is 5.34. The van der Waals surface area contributed by atoms with Crippen molar-refractivity contribution in [1.82, 2.24) is 9.62 Å². The summed E-state index contributed by atoms with van der Waals surface area (Å²) in [6, 6.07) is 3.23. The highest BCUT2D eigenvalue weighted by molar-refractivity contribution is 7.88. The van der Waals surface area contributed by atoms with Crippen molar-refractivity contribution in [3.05, 3.63) is 17.9 Å². The molecule has 1 aromatic rings. The largest absolute Gasteiger partial charge is 0.447 e. The molecule has 1 N–H and O–H groups in total. The van der Waals surface area contributed by atoms with E-state index in [1.807, 2.05) is 0 Å². The quantitative estimate of drug-likeness (QED) is 0.721. The van der Waals surface area contributed by atoms with Crippen LogP contribution in [0.2, 0.25) is 0 Å². The van der Waals surface area contributed by atoms with Gasteiger partial charge in [0, 0.05) is 14.1 Å². The molecule has 1 heterocycles. The number of nitrogens with zero attached hydrogens (tertiary/aromatic N) is 1. The third kappa shape index (κ3) is 5.45. The molecule has 1 aromatic heterocycles. The van der Waals surface area contributed by atoms with Gasteiger partial charge < -0.3 is 9.73 Å². The van der Waals surface area contributed by atoms with Crippen molar-refractivity contribution in [3.8, 4) is 0 Å². The van der Waals surface area contributed by atoms with Gasteiger partial charge in [0.05, 0.1) is 6.54 Å². The van der Waals surface area contributed by atoms with E-state index in [9.17, 15) is 8.42 Å². The minimum atomic E-state index is -3.48. The van der Waals surface area contributed by atoms with Gasteiger partial charge in [-0.15, -0.1) is 0 Å². The smallest absolute Gasteiger partial charge is 0.275 e.